The molecule has 0 aromatic heterocycles. The third kappa shape index (κ3) is 3.44. The van der Waals surface area contributed by atoms with Crippen LogP contribution >= 0.6 is 0 Å². The molecule has 11 heteroatoms. The van der Waals surface area contributed by atoms with Gasteiger partial charge in [-0.3, -0.25) is 20.2 Å². The molecule has 0 unspecified atom stereocenters. The number of hydrogen-bond acceptors (Lipinski definition) is 7. The summed E-state index contributed by atoms with van der Waals surface area (Å²) >= 11 is 0. The molecule has 0 radical (unpaired) electrons. The van der Waals surface area contributed by atoms with Crippen molar-refractivity contribution in [3.05, 3.63) is 38.4 Å². The van der Waals surface area contributed by atoms with Gasteiger partial charge in [0.25, 0.3) is 0 Å². The van der Waals surface area contributed by atoms with Gasteiger partial charge in [0.1, 0.15) is 15.0 Å². The molecular weight excluding hydrogens is 267 g/mol. The van der Waals surface area contributed by atoms with Crippen LogP contribution in [-0.2, 0) is 10.1 Å². The van der Waals surface area contributed by atoms with E-state index in [0.717, 1.165) is 12.1 Å². The molecule has 0 saturated carbocycles. The largest absolute Gasteiger partial charge is 1.00 e. The molecule has 0 aliphatic heterocycles. The monoisotopic (exact) mass is 270 g/mol. The van der Waals surface area contributed by atoms with E-state index in [1.807, 2.05) is 0 Å². The van der Waals surface area contributed by atoms with E-state index in [1.165, 1.54) is 0 Å². The van der Waals surface area contributed by atoms with Crippen molar-refractivity contribution in [1.29, 1.82) is 0 Å². The van der Waals surface area contributed by atoms with Crippen molar-refractivity contribution < 1.29 is 52.4 Å². The van der Waals surface area contributed by atoms with Crippen molar-refractivity contribution in [3.8, 4) is 0 Å². The van der Waals surface area contributed by atoms with Gasteiger partial charge in [-0.15, -0.1) is 0 Å². The summed E-state index contributed by atoms with van der Waals surface area (Å²) in [7, 11) is -5.13. The maximum Gasteiger partial charge on any atom is 1.00 e. The van der Waals surface area contributed by atoms with E-state index in [-0.39, 0.29) is 29.6 Å². The molecule has 1 rings (SSSR count). The van der Waals surface area contributed by atoms with Crippen LogP contribution in [0.25, 0.3) is 0 Å². The first-order valence-corrected chi connectivity index (χ1v) is 5.03. The molecule has 0 fully saturated rings. The zero-order valence-electron chi connectivity index (χ0n) is 8.39. The van der Waals surface area contributed by atoms with Gasteiger partial charge in [-0.05, 0) is 6.07 Å². The molecule has 0 aliphatic carbocycles. The number of hydrogen-bond donors (Lipinski definition) is 0. The summed E-state index contributed by atoms with van der Waals surface area (Å²) in [5, 5.41) is 20.9. The van der Waals surface area contributed by atoms with Crippen LogP contribution < -0.4 is 29.6 Å². The van der Waals surface area contributed by atoms with Crippen LogP contribution in [0.1, 0.15) is 0 Å². The van der Waals surface area contributed by atoms with Crippen molar-refractivity contribution in [2.75, 3.05) is 0 Å². The summed E-state index contributed by atoms with van der Waals surface area (Å²) < 4.78 is 32.0. The first kappa shape index (κ1) is 15.9. The molecule has 0 amide bonds. The Morgan fingerprint density at radius 1 is 1.06 bits per heavy atom. The average molecular weight is 270 g/mol. The van der Waals surface area contributed by atoms with Crippen molar-refractivity contribution in [1.82, 2.24) is 0 Å². The van der Waals surface area contributed by atoms with Gasteiger partial charge in [-0.1, -0.05) is 6.07 Å². The fourth-order valence-electron chi connectivity index (χ4n) is 1.04. The number of para-hydroxylation sites is 1. The maximum absolute atomic E-state index is 10.7. The summed E-state index contributed by atoms with van der Waals surface area (Å²) in [4.78, 5) is 17.3. The second kappa shape index (κ2) is 5.51. The Morgan fingerprint density at radius 2 is 1.59 bits per heavy atom. The standard InChI is InChI=1S/C6H4N2O7S.Na/c9-7(10)4-2-1-3-5(16(13,14)15)6(4)8(11)12;/h1-3H,(H,13,14,15);/q;+1/p-1. The molecule has 9 nitrogen and oxygen atoms in total. The Balaban J connectivity index is 0.00000256. The van der Waals surface area contributed by atoms with Crippen LogP contribution in [0.15, 0.2) is 23.1 Å². The Morgan fingerprint density at radius 3 is 1.94 bits per heavy atom. The molecule has 0 spiro atoms. The molecule has 1 aromatic carbocycles. The van der Waals surface area contributed by atoms with E-state index in [0.29, 0.717) is 6.07 Å². The van der Waals surface area contributed by atoms with Crippen LogP contribution in [0.4, 0.5) is 11.4 Å². The van der Waals surface area contributed by atoms with Gasteiger partial charge in [-0.2, -0.15) is 0 Å². The second-order valence-corrected chi connectivity index (χ2v) is 3.94. The quantitative estimate of drug-likeness (QED) is 0.253. The molecule has 0 aliphatic rings. The van der Waals surface area contributed by atoms with E-state index in [2.05, 4.69) is 0 Å². The average Bonchev–Trinajstić information content (AvgIpc) is 2.14. The van der Waals surface area contributed by atoms with Gasteiger partial charge in [-0.25, -0.2) is 8.42 Å². The molecule has 1 aromatic rings. The molecule has 0 heterocycles. The van der Waals surface area contributed by atoms with Crippen molar-refractivity contribution >= 4 is 21.5 Å². The summed E-state index contributed by atoms with van der Waals surface area (Å²) in [5.41, 5.74) is -2.36. The smallest absolute Gasteiger partial charge is 0.744 e. The van der Waals surface area contributed by atoms with Gasteiger partial charge in [0.05, 0.1) is 9.85 Å². The SMILES string of the molecule is O=[N+]([O-])c1cccc(S(=O)(=O)[O-])c1[N+](=O)[O-].[Na+]. The fraction of sp³-hybridized carbons (Fsp3) is 0. The van der Waals surface area contributed by atoms with Gasteiger partial charge < -0.3 is 4.55 Å². The van der Waals surface area contributed by atoms with Gasteiger partial charge in [0, 0.05) is 6.07 Å². The van der Waals surface area contributed by atoms with Crippen molar-refractivity contribution in [2.45, 2.75) is 4.90 Å². The van der Waals surface area contributed by atoms with E-state index < -0.39 is 36.2 Å². The zero-order chi connectivity index (χ0) is 12.5. The molecule has 86 valence electrons. The minimum atomic E-state index is -5.13. The Labute approximate surface area is 117 Å². The van der Waals surface area contributed by atoms with Crippen LogP contribution in [-0.4, -0.2) is 22.8 Å². The Bertz CT molecular complexity index is 570. The number of rotatable bonds is 3. The number of benzene rings is 1. The first-order valence-electron chi connectivity index (χ1n) is 3.63. The third-order valence-corrected chi connectivity index (χ3v) is 2.49. The first-order chi connectivity index (χ1) is 7.25. The number of nitro groups is 2. The summed E-state index contributed by atoms with van der Waals surface area (Å²) in [6, 6.07) is 2.27. The fourth-order valence-corrected chi connectivity index (χ4v) is 1.70. The predicted octanol–water partition coefficient (Wildman–Crippen LogP) is -2.59. The predicted molar refractivity (Wildman–Crippen MR) is 47.7 cm³/mol. The minimum absolute atomic E-state index is 0. The van der Waals surface area contributed by atoms with Crippen LogP contribution in [0.2, 0.25) is 0 Å². The van der Waals surface area contributed by atoms with Crippen LogP contribution in [0.5, 0.6) is 0 Å². The normalized spacial score (nSPS) is 10.4. The molecule has 0 bridgehead atoms. The Kier molecular flexibility index (Phi) is 5.16. The van der Waals surface area contributed by atoms with E-state index in [1.54, 1.807) is 0 Å². The Hall–Kier alpha value is -1.07. The van der Waals surface area contributed by atoms with Crippen LogP contribution in [0, 0.1) is 20.2 Å². The zero-order valence-corrected chi connectivity index (χ0v) is 11.2. The number of nitro benzene ring substituents is 2. The van der Waals surface area contributed by atoms with Gasteiger partial charge >= 0.3 is 40.9 Å². The van der Waals surface area contributed by atoms with E-state index in [9.17, 15) is 33.2 Å². The molecule has 0 atom stereocenters. The van der Waals surface area contributed by atoms with Crippen LogP contribution in [0.3, 0.4) is 0 Å². The van der Waals surface area contributed by atoms with Crippen molar-refractivity contribution in [3.63, 3.8) is 0 Å². The van der Waals surface area contributed by atoms with E-state index >= 15 is 0 Å². The molecular formula is C6H3N2NaO7S. The van der Waals surface area contributed by atoms with E-state index in [4.69, 9.17) is 0 Å². The molecule has 17 heavy (non-hydrogen) atoms. The summed E-state index contributed by atoms with van der Waals surface area (Å²) in [6.45, 7) is 0. The minimum Gasteiger partial charge on any atom is -0.744 e. The number of nitrogens with zero attached hydrogens (tertiary/aromatic N) is 2. The summed E-state index contributed by atoms with van der Waals surface area (Å²) in [6.07, 6.45) is 0. The molecule has 0 saturated heterocycles. The summed E-state index contributed by atoms with van der Waals surface area (Å²) in [5.74, 6) is 0. The van der Waals surface area contributed by atoms with Gasteiger partial charge in [0.2, 0.25) is 0 Å². The van der Waals surface area contributed by atoms with Gasteiger partial charge in [0.15, 0.2) is 0 Å². The second-order valence-electron chi connectivity index (χ2n) is 2.59. The topological polar surface area (TPSA) is 143 Å². The third-order valence-electron chi connectivity index (χ3n) is 1.63. The maximum atomic E-state index is 10.7. The molecule has 0 N–H and O–H groups in total. The van der Waals surface area contributed by atoms with Crippen molar-refractivity contribution in [2.24, 2.45) is 0 Å².